The Bertz CT molecular complexity index is 475. The number of nitrogens with one attached hydrogen (secondary N) is 2. The van der Waals surface area contributed by atoms with E-state index in [1.807, 2.05) is 6.92 Å². The lowest BCUT2D eigenvalue weighted by molar-refractivity contribution is -0.123. The summed E-state index contributed by atoms with van der Waals surface area (Å²) in [5, 5.41) is 5.25. The summed E-state index contributed by atoms with van der Waals surface area (Å²) in [4.78, 5) is 23.0. The van der Waals surface area contributed by atoms with Crippen LogP contribution < -0.4 is 21.1 Å². The summed E-state index contributed by atoms with van der Waals surface area (Å²) in [6, 6.07) is 4.70. The number of carbonyl (C=O) groups excluding carboxylic acids is 2. The average molecular weight is 279 g/mol. The Morgan fingerprint density at radius 2 is 2.10 bits per heavy atom. The molecule has 0 aliphatic heterocycles. The van der Waals surface area contributed by atoms with Crippen molar-refractivity contribution in [1.29, 1.82) is 0 Å². The molecule has 0 aliphatic rings. The number of benzene rings is 1. The van der Waals surface area contributed by atoms with E-state index in [1.54, 1.807) is 19.2 Å². The molecule has 0 aliphatic carbocycles. The molecule has 0 saturated carbocycles. The van der Waals surface area contributed by atoms with Crippen molar-refractivity contribution in [2.45, 2.75) is 19.8 Å². The molecule has 1 rings (SSSR count). The Hall–Kier alpha value is -2.24. The van der Waals surface area contributed by atoms with Crippen molar-refractivity contribution in [2.75, 3.05) is 25.9 Å². The van der Waals surface area contributed by atoms with Gasteiger partial charge in [0.15, 0.2) is 6.61 Å². The molecule has 1 aromatic rings. The Labute approximate surface area is 118 Å². The number of nitrogens with two attached hydrogens (primary N) is 1. The Morgan fingerprint density at radius 3 is 2.75 bits per heavy atom. The van der Waals surface area contributed by atoms with Crippen LogP contribution in [0.1, 0.15) is 30.1 Å². The zero-order valence-corrected chi connectivity index (χ0v) is 11.9. The quantitative estimate of drug-likeness (QED) is 0.511. The van der Waals surface area contributed by atoms with Gasteiger partial charge in [-0.15, -0.1) is 0 Å². The molecule has 4 N–H and O–H groups in total. The van der Waals surface area contributed by atoms with Crippen LogP contribution in [-0.2, 0) is 4.79 Å². The fourth-order valence-electron chi connectivity index (χ4n) is 1.54. The monoisotopic (exact) mass is 279 g/mol. The summed E-state index contributed by atoms with van der Waals surface area (Å²) >= 11 is 0. The first-order chi connectivity index (χ1) is 9.58. The van der Waals surface area contributed by atoms with Gasteiger partial charge in [-0.25, -0.2) is 0 Å². The predicted octanol–water partition coefficient (Wildman–Crippen LogP) is 0.923. The van der Waals surface area contributed by atoms with Crippen molar-refractivity contribution in [2.24, 2.45) is 0 Å². The molecule has 20 heavy (non-hydrogen) atoms. The van der Waals surface area contributed by atoms with Gasteiger partial charge in [0.25, 0.3) is 11.8 Å². The third-order valence-electron chi connectivity index (χ3n) is 2.71. The number of unbranched alkanes of at least 4 members (excludes halogenated alkanes) is 1. The van der Waals surface area contributed by atoms with E-state index in [9.17, 15) is 9.59 Å². The van der Waals surface area contributed by atoms with Crippen LogP contribution in [0.3, 0.4) is 0 Å². The SMILES string of the molecule is CCCCNC(=O)COc1cc(C(=O)NC)ccc1N. The maximum atomic E-state index is 11.5. The van der Waals surface area contributed by atoms with Crippen LogP contribution in [0.4, 0.5) is 5.69 Å². The van der Waals surface area contributed by atoms with E-state index in [2.05, 4.69) is 10.6 Å². The molecule has 6 heteroatoms. The second-order valence-corrected chi connectivity index (χ2v) is 4.32. The molecule has 0 aromatic heterocycles. The normalized spacial score (nSPS) is 9.90. The van der Waals surface area contributed by atoms with Gasteiger partial charge >= 0.3 is 0 Å². The number of carbonyl (C=O) groups is 2. The highest BCUT2D eigenvalue weighted by Crippen LogP contribution is 2.22. The number of anilines is 1. The van der Waals surface area contributed by atoms with E-state index in [0.717, 1.165) is 12.8 Å². The van der Waals surface area contributed by atoms with Crippen molar-refractivity contribution in [1.82, 2.24) is 10.6 Å². The number of ether oxygens (including phenoxy) is 1. The van der Waals surface area contributed by atoms with E-state index in [4.69, 9.17) is 10.5 Å². The van der Waals surface area contributed by atoms with Gasteiger partial charge in [-0.05, 0) is 24.6 Å². The zero-order chi connectivity index (χ0) is 15.0. The smallest absolute Gasteiger partial charge is 0.257 e. The van der Waals surface area contributed by atoms with Crippen molar-refractivity contribution in [3.05, 3.63) is 23.8 Å². The number of amides is 2. The molecule has 0 unspecified atom stereocenters. The van der Waals surface area contributed by atoms with Gasteiger partial charge in [-0.3, -0.25) is 9.59 Å². The van der Waals surface area contributed by atoms with Crippen LogP contribution in [0, 0.1) is 0 Å². The number of nitrogen functional groups attached to an aromatic ring is 1. The van der Waals surface area contributed by atoms with Gasteiger partial charge in [0, 0.05) is 19.2 Å². The van der Waals surface area contributed by atoms with Crippen LogP contribution in [0.5, 0.6) is 5.75 Å². The standard InChI is InChI=1S/C14H21N3O3/c1-3-4-7-17-13(18)9-20-12-8-10(14(19)16-2)5-6-11(12)15/h5-6,8H,3-4,7,9,15H2,1-2H3,(H,16,19)(H,17,18). The number of hydrogen-bond acceptors (Lipinski definition) is 4. The highest BCUT2D eigenvalue weighted by atomic mass is 16.5. The first-order valence-electron chi connectivity index (χ1n) is 6.59. The molecule has 0 atom stereocenters. The first kappa shape index (κ1) is 15.8. The van der Waals surface area contributed by atoms with Gasteiger partial charge in [0.1, 0.15) is 5.75 Å². The second kappa shape index (κ2) is 8.04. The maximum Gasteiger partial charge on any atom is 0.257 e. The highest BCUT2D eigenvalue weighted by molar-refractivity contribution is 5.95. The average Bonchev–Trinajstić information content (AvgIpc) is 2.46. The van der Waals surface area contributed by atoms with Crippen LogP contribution in [0.15, 0.2) is 18.2 Å². The summed E-state index contributed by atoms with van der Waals surface area (Å²) in [5.74, 6) is -0.109. The molecule has 2 amide bonds. The molecule has 6 nitrogen and oxygen atoms in total. The third-order valence-corrected chi connectivity index (χ3v) is 2.71. The van der Waals surface area contributed by atoms with Crippen molar-refractivity contribution >= 4 is 17.5 Å². The first-order valence-corrected chi connectivity index (χ1v) is 6.59. The van der Waals surface area contributed by atoms with Crippen LogP contribution in [-0.4, -0.2) is 32.0 Å². The van der Waals surface area contributed by atoms with Gasteiger partial charge < -0.3 is 21.1 Å². The Balaban J connectivity index is 2.58. The summed E-state index contributed by atoms with van der Waals surface area (Å²) in [6.45, 7) is 2.56. The lowest BCUT2D eigenvalue weighted by Gasteiger charge is -2.10. The topological polar surface area (TPSA) is 93.4 Å². The summed E-state index contributed by atoms with van der Waals surface area (Å²) in [5.41, 5.74) is 6.57. The van der Waals surface area contributed by atoms with E-state index in [-0.39, 0.29) is 18.4 Å². The highest BCUT2D eigenvalue weighted by Gasteiger charge is 2.09. The Kier molecular flexibility index (Phi) is 6.36. The minimum Gasteiger partial charge on any atom is -0.482 e. The molecule has 0 spiro atoms. The van der Waals surface area contributed by atoms with E-state index in [0.29, 0.717) is 23.5 Å². The molecule has 1 aromatic carbocycles. The predicted molar refractivity (Wildman–Crippen MR) is 77.7 cm³/mol. The molecular formula is C14H21N3O3. The Morgan fingerprint density at radius 1 is 1.35 bits per heavy atom. The van der Waals surface area contributed by atoms with Crippen LogP contribution in [0.25, 0.3) is 0 Å². The molecule has 0 radical (unpaired) electrons. The molecule has 0 saturated heterocycles. The minimum absolute atomic E-state index is 0.120. The largest absolute Gasteiger partial charge is 0.482 e. The summed E-state index contributed by atoms with van der Waals surface area (Å²) in [6.07, 6.45) is 1.95. The number of hydrogen-bond donors (Lipinski definition) is 3. The molecule has 0 heterocycles. The lowest BCUT2D eigenvalue weighted by atomic mass is 10.2. The number of rotatable bonds is 7. The van der Waals surface area contributed by atoms with Gasteiger partial charge in [-0.2, -0.15) is 0 Å². The molecule has 110 valence electrons. The molecule has 0 bridgehead atoms. The minimum atomic E-state index is -0.234. The fraction of sp³-hybridized carbons (Fsp3) is 0.429. The van der Waals surface area contributed by atoms with Crippen molar-refractivity contribution < 1.29 is 14.3 Å². The van der Waals surface area contributed by atoms with Crippen LogP contribution >= 0.6 is 0 Å². The lowest BCUT2D eigenvalue weighted by Crippen LogP contribution is -2.29. The maximum absolute atomic E-state index is 11.5. The molecule has 0 fully saturated rings. The van der Waals surface area contributed by atoms with Gasteiger partial charge in [0.2, 0.25) is 0 Å². The third kappa shape index (κ3) is 4.79. The van der Waals surface area contributed by atoms with Crippen LogP contribution in [0.2, 0.25) is 0 Å². The zero-order valence-electron chi connectivity index (χ0n) is 11.9. The van der Waals surface area contributed by atoms with E-state index in [1.165, 1.54) is 6.07 Å². The fourth-order valence-corrected chi connectivity index (χ4v) is 1.54. The van der Waals surface area contributed by atoms with E-state index >= 15 is 0 Å². The van der Waals surface area contributed by atoms with Gasteiger partial charge in [0.05, 0.1) is 5.69 Å². The van der Waals surface area contributed by atoms with Gasteiger partial charge in [-0.1, -0.05) is 13.3 Å². The van der Waals surface area contributed by atoms with Crippen molar-refractivity contribution in [3.8, 4) is 5.75 Å². The second-order valence-electron chi connectivity index (χ2n) is 4.32. The molecular weight excluding hydrogens is 258 g/mol. The van der Waals surface area contributed by atoms with E-state index < -0.39 is 0 Å². The summed E-state index contributed by atoms with van der Waals surface area (Å²) in [7, 11) is 1.54. The summed E-state index contributed by atoms with van der Waals surface area (Å²) < 4.78 is 5.35. The van der Waals surface area contributed by atoms with Crippen molar-refractivity contribution in [3.63, 3.8) is 0 Å².